The third-order valence-electron chi connectivity index (χ3n) is 1.20. The molecule has 0 saturated heterocycles. The highest BCUT2D eigenvalue weighted by Crippen LogP contribution is 1.98. The minimum Gasteiger partial charge on any atom is -0.326 e. The first-order chi connectivity index (χ1) is 7.58. The second kappa shape index (κ2) is 13.6. The first kappa shape index (κ1) is 17.0. The van der Waals surface area contributed by atoms with Crippen molar-refractivity contribution in [2.75, 3.05) is 0 Å². The summed E-state index contributed by atoms with van der Waals surface area (Å²) in [5.74, 6) is 0. The van der Waals surface area contributed by atoms with Crippen LogP contribution < -0.4 is 0 Å². The van der Waals surface area contributed by atoms with Crippen LogP contribution in [-0.2, 0) is 4.57 Å². The molecular formula is C12H17O3P. The van der Waals surface area contributed by atoms with Gasteiger partial charge in [0.1, 0.15) is 0 Å². The summed E-state index contributed by atoms with van der Waals surface area (Å²) in [5, 5.41) is 0. The Morgan fingerprint density at radius 3 is 1.56 bits per heavy atom. The minimum absolute atomic E-state index is 1.17. The van der Waals surface area contributed by atoms with Crippen molar-refractivity contribution in [2.45, 2.75) is 0 Å². The number of benzene rings is 1. The maximum atomic E-state index is 8.74. The molecule has 0 radical (unpaired) electrons. The van der Waals surface area contributed by atoms with Gasteiger partial charge >= 0.3 is 8.25 Å². The molecule has 1 aromatic rings. The average molecular weight is 240 g/mol. The highest BCUT2D eigenvalue weighted by Gasteiger charge is 1.75. The number of hydrogen-bond acceptors (Lipinski definition) is 1. The molecule has 2 N–H and O–H groups in total. The van der Waals surface area contributed by atoms with E-state index in [2.05, 4.69) is 19.7 Å². The van der Waals surface area contributed by atoms with Crippen LogP contribution in [0.3, 0.4) is 0 Å². The molecule has 16 heavy (non-hydrogen) atoms. The Bertz CT molecular complexity index is 310. The summed E-state index contributed by atoms with van der Waals surface area (Å²) in [4.78, 5) is 14.3. The van der Waals surface area contributed by atoms with Gasteiger partial charge in [-0.2, -0.15) is 0 Å². The Kier molecular flexibility index (Phi) is 14.4. The van der Waals surface area contributed by atoms with Crippen LogP contribution in [0.2, 0.25) is 0 Å². The Morgan fingerprint density at radius 2 is 1.38 bits per heavy atom. The van der Waals surface area contributed by atoms with E-state index in [0.717, 1.165) is 0 Å². The number of rotatable bonds is 2. The van der Waals surface area contributed by atoms with Gasteiger partial charge in [0.05, 0.1) is 0 Å². The van der Waals surface area contributed by atoms with Crippen LogP contribution in [0.4, 0.5) is 0 Å². The average Bonchev–Trinajstić information content (AvgIpc) is 2.30. The second-order valence-corrected chi connectivity index (χ2v) is 2.93. The fourth-order valence-electron chi connectivity index (χ4n) is 0.589. The summed E-state index contributed by atoms with van der Waals surface area (Å²) in [5.41, 5.74) is 1.17. The quantitative estimate of drug-likeness (QED) is 0.617. The maximum Gasteiger partial charge on any atom is 0.314 e. The van der Waals surface area contributed by atoms with Gasteiger partial charge in [-0.15, -0.1) is 0 Å². The molecule has 0 aliphatic rings. The first-order valence-corrected chi connectivity index (χ1v) is 5.71. The molecule has 3 nitrogen and oxygen atoms in total. The van der Waals surface area contributed by atoms with Crippen LogP contribution in [0.5, 0.6) is 0 Å². The van der Waals surface area contributed by atoms with E-state index in [1.807, 2.05) is 36.4 Å². The topological polar surface area (TPSA) is 57.5 Å². The zero-order valence-corrected chi connectivity index (χ0v) is 10.0. The van der Waals surface area contributed by atoms with Crippen LogP contribution in [0, 0.1) is 0 Å². The maximum absolute atomic E-state index is 8.74. The van der Waals surface area contributed by atoms with Gasteiger partial charge in [-0.25, -0.2) is 0 Å². The predicted octanol–water partition coefficient (Wildman–Crippen LogP) is 3.05. The zero-order chi connectivity index (χ0) is 12.8. The highest BCUT2D eigenvalue weighted by molar-refractivity contribution is 7.30. The smallest absolute Gasteiger partial charge is 0.314 e. The molecule has 0 saturated carbocycles. The molecule has 88 valence electrons. The standard InChI is InChI=1S/C8H8.C4H6.H3O3P/c1-2-8-6-4-3-5-7-8;1-3-4-2;1-4(2)3/h2-7H,1H2;3-4H,1-2H2;4H,(H2,1,2,3). The van der Waals surface area contributed by atoms with Gasteiger partial charge in [0.25, 0.3) is 0 Å². The first-order valence-electron chi connectivity index (χ1n) is 4.41. The van der Waals surface area contributed by atoms with Crippen molar-refractivity contribution in [1.29, 1.82) is 0 Å². The Hall–Kier alpha value is -1.41. The van der Waals surface area contributed by atoms with Gasteiger partial charge in [0.2, 0.25) is 0 Å². The van der Waals surface area contributed by atoms with E-state index in [0.29, 0.717) is 0 Å². The molecule has 0 aliphatic carbocycles. The van der Waals surface area contributed by atoms with Gasteiger partial charge in [-0.3, -0.25) is 4.57 Å². The minimum atomic E-state index is -3.13. The summed E-state index contributed by atoms with van der Waals surface area (Å²) >= 11 is 0. The Balaban J connectivity index is 0. The normalized spacial score (nSPS) is 7.69. The van der Waals surface area contributed by atoms with E-state index < -0.39 is 8.25 Å². The van der Waals surface area contributed by atoms with Crippen molar-refractivity contribution < 1.29 is 14.4 Å². The van der Waals surface area contributed by atoms with Crippen molar-refractivity contribution in [1.82, 2.24) is 0 Å². The Labute approximate surface area is 97.0 Å². The molecule has 0 heterocycles. The van der Waals surface area contributed by atoms with Crippen molar-refractivity contribution in [3.63, 3.8) is 0 Å². The van der Waals surface area contributed by atoms with Crippen molar-refractivity contribution in [3.8, 4) is 0 Å². The molecular weight excluding hydrogens is 223 g/mol. The van der Waals surface area contributed by atoms with E-state index >= 15 is 0 Å². The summed E-state index contributed by atoms with van der Waals surface area (Å²) in [6.45, 7) is 10.4. The van der Waals surface area contributed by atoms with Crippen LogP contribution in [0.15, 0.2) is 62.2 Å². The third kappa shape index (κ3) is 18.4. The van der Waals surface area contributed by atoms with Crippen LogP contribution in [-0.4, -0.2) is 9.79 Å². The number of hydrogen-bond donors (Lipinski definition) is 2. The van der Waals surface area contributed by atoms with Crippen LogP contribution >= 0.6 is 8.25 Å². The molecule has 0 bridgehead atoms. The lowest BCUT2D eigenvalue weighted by molar-refractivity contribution is 0.405. The van der Waals surface area contributed by atoms with E-state index in [4.69, 9.17) is 14.4 Å². The SMILES string of the molecule is C=CC=C.C=Cc1ccccc1.O=[PH](O)O. The van der Waals surface area contributed by atoms with Gasteiger partial charge < -0.3 is 9.79 Å². The summed E-state index contributed by atoms with van der Waals surface area (Å²) in [7, 11) is -3.13. The number of allylic oxidation sites excluding steroid dienone is 2. The van der Waals surface area contributed by atoms with E-state index in [-0.39, 0.29) is 0 Å². The van der Waals surface area contributed by atoms with Crippen LogP contribution in [0.1, 0.15) is 5.56 Å². The molecule has 0 aromatic heterocycles. The lowest BCUT2D eigenvalue weighted by atomic mass is 10.2. The molecule has 0 fully saturated rings. The fourth-order valence-corrected chi connectivity index (χ4v) is 0.589. The lowest BCUT2D eigenvalue weighted by Crippen LogP contribution is -1.63. The second-order valence-electron chi connectivity index (χ2n) is 2.37. The van der Waals surface area contributed by atoms with Gasteiger partial charge in [-0.05, 0) is 5.56 Å². The largest absolute Gasteiger partial charge is 0.326 e. The molecule has 0 aliphatic heterocycles. The molecule has 0 unspecified atom stereocenters. The zero-order valence-electron chi connectivity index (χ0n) is 9.04. The van der Waals surface area contributed by atoms with Gasteiger partial charge in [-0.1, -0.05) is 68.3 Å². The third-order valence-corrected chi connectivity index (χ3v) is 1.20. The van der Waals surface area contributed by atoms with E-state index in [1.54, 1.807) is 12.2 Å². The molecule has 1 rings (SSSR count). The monoisotopic (exact) mass is 240 g/mol. The van der Waals surface area contributed by atoms with Gasteiger partial charge in [0, 0.05) is 0 Å². The molecule has 1 aromatic carbocycles. The van der Waals surface area contributed by atoms with E-state index in [9.17, 15) is 0 Å². The summed E-state index contributed by atoms with van der Waals surface area (Å²) in [6, 6.07) is 10.0. The van der Waals surface area contributed by atoms with Crippen LogP contribution in [0.25, 0.3) is 6.08 Å². The molecule has 0 amide bonds. The summed E-state index contributed by atoms with van der Waals surface area (Å²) in [6.07, 6.45) is 5.11. The highest BCUT2D eigenvalue weighted by atomic mass is 31.1. The summed E-state index contributed by atoms with van der Waals surface area (Å²) < 4.78 is 8.74. The molecule has 0 spiro atoms. The van der Waals surface area contributed by atoms with Crippen molar-refractivity contribution in [3.05, 3.63) is 67.8 Å². The van der Waals surface area contributed by atoms with Crippen molar-refractivity contribution in [2.24, 2.45) is 0 Å². The van der Waals surface area contributed by atoms with Gasteiger partial charge in [0.15, 0.2) is 0 Å². The molecule has 0 atom stereocenters. The van der Waals surface area contributed by atoms with E-state index in [1.165, 1.54) is 5.56 Å². The Morgan fingerprint density at radius 1 is 1.00 bits per heavy atom. The fraction of sp³-hybridized carbons (Fsp3) is 0. The lowest BCUT2D eigenvalue weighted by Gasteiger charge is -1.85. The predicted molar refractivity (Wildman–Crippen MR) is 70.4 cm³/mol. The van der Waals surface area contributed by atoms with Crippen molar-refractivity contribution >= 4 is 14.3 Å². The molecule has 4 heteroatoms.